The lowest BCUT2D eigenvalue weighted by molar-refractivity contribution is -0.689. The van der Waals surface area contributed by atoms with E-state index in [0.717, 1.165) is 15.3 Å². The lowest BCUT2D eigenvalue weighted by Crippen LogP contribution is -2.36. The van der Waals surface area contributed by atoms with Gasteiger partial charge in [-0.05, 0) is 24.4 Å². The van der Waals surface area contributed by atoms with Crippen molar-refractivity contribution in [1.29, 1.82) is 0 Å². The van der Waals surface area contributed by atoms with E-state index in [0.29, 0.717) is 23.3 Å². The molecule has 0 spiro atoms. The SMILES string of the molecule is CC(=O)c1ccc[n+](Cc2nc3scc(-c4cccs4)c3c(=O)[nH]2)c1. The third-order valence-corrected chi connectivity index (χ3v) is 5.65. The molecule has 0 saturated heterocycles. The van der Waals surface area contributed by atoms with Crippen molar-refractivity contribution in [3.05, 3.63) is 69.2 Å². The summed E-state index contributed by atoms with van der Waals surface area (Å²) in [6.45, 7) is 1.93. The van der Waals surface area contributed by atoms with Gasteiger partial charge in [0.1, 0.15) is 4.83 Å². The van der Waals surface area contributed by atoms with E-state index < -0.39 is 0 Å². The Bertz CT molecular complexity index is 1130. The molecule has 0 bridgehead atoms. The fraction of sp³-hybridized carbons (Fsp3) is 0.111. The van der Waals surface area contributed by atoms with Gasteiger partial charge in [-0.15, -0.1) is 22.7 Å². The smallest absolute Gasteiger partial charge is 0.260 e. The highest BCUT2D eigenvalue weighted by Gasteiger charge is 2.15. The lowest BCUT2D eigenvalue weighted by atomic mass is 10.2. The largest absolute Gasteiger partial charge is 0.305 e. The van der Waals surface area contributed by atoms with Crippen molar-refractivity contribution in [3.63, 3.8) is 0 Å². The molecular formula is C18H14N3O2S2+. The maximum absolute atomic E-state index is 12.6. The second-order valence-corrected chi connectivity index (χ2v) is 7.45. The molecule has 0 amide bonds. The van der Waals surface area contributed by atoms with E-state index in [1.807, 2.05) is 39.7 Å². The molecule has 0 saturated carbocycles. The summed E-state index contributed by atoms with van der Waals surface area (Å²) in [4.78, 5) is 33.4. The molecule has 4 aromatic rings. The number of H-pyrrole nitrogens is 1. The zero-order valence-electron chi connectivity index (χ0n) is 13.4. The summed E-state index contributed by atoms with van der Waals surface area (Å²) in [5, 5.41) is 4.61. The van der Waals surface area contributed by atoms with E-state index in [-0.39, 0.29) is 11.3 Å². The Hall–Kier alpha value is -2.64. The Morgan fingerprint density at radius 1 is 1.28 bits per heavy atom. The Labute approximate surface area is 151 Å². The highest BCUT2D eigenvalue weighted by molar-refractivity contribution is 7.18. The maximum atomic E-state index is 12.6. The average Bonchev–Trinajstić information content (AvgIpc) is 3.24. The first-order valence-corrected chi connectivity index (χ1v) is 9.42. The van der Waals surface area contributed by atoms with E-state index in [1.54, 1.807) is 23.6 Å². The highest BCUT2D eigenvalue weighted by Crippen LogP contribution is 2.33. The van der Waals surface area contributed by atoms with Gasteiger partial charge in [-0.3, -0.25) is 9.59 Å². The number of ketones is 1. The molecule has 124 valence electrons. The van der Waals surface area contributed by atoms with Gasteiger partial charge in [0.05, 0.1) is 10.9 Å². The Kier molecular flexibility index (Phi) is 4.03. The first-order valence-electron chi connectivity index (χ1n) is 7.66. The molecule has 7 heteroatoms. The van der Waals surface area contributed by atoms with Crippen LogP contribution in [0.25, 0.3) is 20.7 Å². The number of pyridine rings is 1. The van der Waals surface area contributed by atoms with E-state index in [1.165, 1.54) is 18.3 Å². The predicted octanol–water partition coefficient (Wildman–Crippen LogP) is 3.25. The minimum atomic E-state index is -0.132. The molecule has 4 heterocycles. The second kappa shape index (κ2) is 6.34. The van der Waals surface area contributed by atoms with Gasteiger partial charge in [0, 0.05) is 21.9 Å². The van der Waals surface area contributed by atoms with E-state index in [2.05, 4.69) is 9.97 Å². The summed E-state index contributed by atoms with van der Waals surface area (Å²) in [5.41, 5.74) is 1.43. The quantitative estimate of drug-likeness (QED) is 0.444. The van der Waals surface area contributed by atoms with Crippen LogP contribution in [-0.4, -0.2) is 15.8 Å². The Morgan fingerprint density at radius 3 is 2.92 bits per heavy atom. The normalized spacial score (nSPS) is 11.1. The molecule has 1 N–H and O–H groups in total. The summed E-state index contributed by atoms with van der Waals surface area (Å²) < 4.78 is 1.84. The minimum absolute atomic E-state index is 0.00472. The number of nitrogens with one attached hydrogen (secondary N) is 1. The molecule has 0 fully saturated rings. The van der Waals surface area contributed by atoms with Crippen LogP contribution >= 0.6 is 22.7 Å². The monoisotopic (exact) mass is 368 g/mol. The van der Waals surface area contributed by atoms with Crippen molar-refractivity contribution < 1.29 is 9.36 Å². The van der Waals surface area contributed by atoms with Crippen molar-refractivity contribution in [3.8, 4) is 10.4 Å². The third kappa shape index (κ3) is 3.04. The van der Waals surface area contributed by atoms with Crippen molar-refractivity contribution in [1.82, 2.24) is 9.97 Å². The third-order valence-electron chi connectivity index (χ3n) is 3.88. The standard InChI is InChI=1S/C18H13N3O2S2/c1-11(22)12-4-2-6-21(8-12)9-15-19-17(23)16-13(10-25-18(16)20-15)14-5-3-7-24-14/h2-8,10H,9H2,1H3/p+1. The van der Waals surface area contributed by atoms with Gasteiger partial charge in [0.2, 0.25) is 6.54 Å². The number of carbonyl (C=O) groups excluding carboxylic acids is 1. The van der Waals surface area contributed by atoms with Crippen LogP contribution in [-0.2, 0) is 6.54 Å². The number of carbonyl (C=O) groups is 1. The van der Waals surface area contributed by atoms with Gasteiger partial charge >= 0.3 is 0 Å². The molecule has 0 aliphatic heterocycles. The molecule has 0 atom stereocenters. The van der Waals surface area contributed by atoms with Crippen LogP contribution in [0, 0.1) is 0 Å². The number of nitrogens with zero attached hydrogens (tertiary/aromatic N) is 2. The summed E-state index contributed by atoms with van der Waals surface area (Å²) in [7, 11) is 0. The van der Waals surface area contributed by atoms with E-state index in [9.17, 15) is 9.59 Å². The number of aromatic amines is 1. The number of hydrogen-bond donors (Lipinski definition) is 1. The molecule has 0 aromatic carbocycles. The van der Waals surface area contributed by atoms with Crippen LogP contribution < -0.4 is 10.1 Å². The van der Waals surface area contributed by atoms with Crippen LogP contribution in [0.3, 0.4) is 0 Å². The molecular weight excluding hydrogens is 354 g/mol. The van der Waals surface area contributed by atoms with Crippen LogP contribution in [0.5, 0.6) is 0 Å². The van der Waals surface area contributed by atoms with Crippen molar-refractivity contribution in [2.75, 3.05) is 0 Å². The summed E-state index contributed by atoms with van der Waals surface area (Å²) in [5.74, 6) is 0.577. The van der Waals surface area contributed by atoms with Gasteiger partial charge in [-0.25, -0.2) is 4.98 Å². The number of Topliss-reactive ketones (excluding diaryl/α,β-unsaturated/α-hetero) is 1. The Morgan fingerprint density at radius 2 is 2.16 bits per heavy atom. The number of fused-ring (bicyclic) bond motifs is 1. The van der Waals surface area contributed by atoms with E-state index in [4.69, 9.17) is 0 Å². The van der Waals surface area contributed by atoms with Gasteiger partial charge in [-0.2, -0.15) is 4.57 Å². The van der Waals surface area contributed by atoms with Gasteiger partial charge in [0.15, 0.2) is 24.0 Å². The van der Waals surface area contributed by atoms with Crippen LogP contribution in [0.4, 0.5) is 0 Å². The predicted molar refractivity (Wildman–Crippen MR) is 99.3 cm³/mol. The topological polar surface area (TPSA) is 66.7 Å². The molecule has 0 aliphatic carbocycles. The fourth-order valence-electron chi connectivity index (χ4n) is 2.68. The zero-order valence-corrected chi connectivity index (χ0v) is 15.0. The number of aromatic nitrogens is 3. The van der Waals surface area contributed by atoms with Crippen LogP contribution in [0.1, 0.15) is 23.1 Å². The van der Waals surface area contributed by atoms with Gasteiger partial charge < -0.3 is 4.98 Å². The highest BCUT2D eigenvalue weighted by atomic mass is 32.1. The number of rotatable bonds is 4. The second-order valence-electron chi connectivity index (χ2n) is 5.64. The van der Waals surface area contributed by atoms with E-state index >= 15 is 0 Å². The van der Waals surface area contributed by atoms with Gasteiger partial charge in [-0.1, -0.05) is 6.07 Å². The average molecular weight is 368 g/mol. The molecule has 4 aromatic heterocycles. The summed E-state index contributed by atoms with van der Waals surface area (Å²) in [6.07, 6.45) is 3.61. The summed E-state index contributed by atoms with van der Waals surface area (Å²) in [6, 6.07) is 7.55. The number of thiophene rings is 2. The lowest BCUT2D eigenvalue weighted by Gasteiger charge is -2.00. The molecule has 0 aliphatic rings. The first-order chi connectivity index (χ1) is 12.1. The zero-order chi connectivity index (χ0) is 17.4. The summed E-state index contributed by atoms with van der Waals surface area (Å²) >= 11 is 3.08. The molecule has 5 nitrogen and oxygen atoms in total. The minimum Gasteiger partial charge on any atom is -0.305 e. The van der Waals surface area contributed by atoms with Gasteiger partial charge in [0.25, 0.3) is 5.56 Å². The molecule has 0 radical (unpaired) electrons. The molecule has 25 heavy (non-hydrogen) atoms. The Balaban J connectivity index is 1.74. The molecule has 0 unspecified atom stereocenters. The maximum Gasteiger partial charge on any atom is 0.260 e. The number of hydrogen-bond acceptors (Lipinski definition) is 5. The fourth-order valence-corrected chi connectivity index (χ4v) is 4.46. The van der Waals surface area contributed by atoms with Crippen molar-refractivity contribution in [2.45, 2.75) is 13.5 Å². The van der Waals surface area contributed by atoms with Crippen LogP contribution in [0.15, 0.2) is 52.2 Å². The van der Waals surface area contributed by atoms with Crippen LogP contribution in [0.2, 0.25) is 0 Å². The van der Waals surface area contributed by atoms with Crippen molar-refractivity contribution >= 4 is 38.7 Å². The first kappa shape index (κ1) is 15.9. The molecule has 4 rings (SSSR count). The van der Waals surface area contributed by atoms with Crippen molar-refractivity contribution in [2.24, 2.45) is 0 Å².